The second-order valence-electron chi connectivity index (χ2n) is 6.31. The van der Waals surface area contributed by atoms with Gasteiger partial charge in [0.25, 0.3) is 0 Å². The normalized spacial score (nSPS) is 14.1. The molecular weight excluding hydrogens is 422 g/mol. The van der Waals surface area contributed by atoms with Gasteiger partial charge < -0.3 is 15.1 Å². The molecule has 0 bridgehead atoms. The molecule has 0 radical (unpaired) electrons. The number of fused-ring (bicyclic) bond motifs is 1. The Hall–Kier alpha value is -1.38. The molecule has 5 nitrogen and oxygen atoms in total. The molecule has 1 amide bonds. The number of nitrogens with zero attached hydrogens (tertiary/aromatic N) is 3. The summed E-state index contributed by atoms with van der Waals surface area (Å²) in [5, 5.41) is 3.30. The van der Waals surface area contributed by atoms with Crippen molar-refractivity contribution in [2.24, 2.45) is 4.99 Å². The zero-order valence-corrected chi connectivity index (χ0v) is 17.0. The molecule has 0 fully saturated rings. The van der Waals surface area contributed by atoms with Gasteiger partial charge in [-0.1, -0.05) is 6.07 Å². The summed E-state index contributed by atoms with van der Waals surface area (Å²) >= 11 is 0. The Morgan fingerprint density at radius 1 is 1.38 bits per heavy atom. The van der Waals surface area contributed by atoms with Gasteiger partial charge in [-0.25, -0.2) is 9.38 Å². The maximum atomic E-state index is 13.5. The van der Waals surface area contributed by atoms with Crippen molar-refractivity contribution in [2.45, 2.75) is 32.9 Å². The number of hydrogen-bond donors (Lipinski definition) is 1. The van der Waals surface area contributed by atoms with Crippen molar-refractivity contribution >= 4 is 35.8 Å². The second kappa shape index (κ2) is 9.19. The third kappa shape index (κ3) is 5.61. The lowest BCUT2D eigenvalue weighted by atomic mass is 10.00. The van der Waals surface area contributed by atoms with E-state index in [0.29, 0.717) is 12.5 Å². The lowest BCUT2D eigenvalue weighted by Gasteiger charge is -2.32. The van der Waals surface area contributed by atoms with E-state index >= 15 is 0 Å². The van der Waals surface area contributed by atoms with E-state index < -0.39 is 0 Å². The van der Waals surface area contributed by atoms with Gasteiger partial charge in [-0.2, -0.15) is 0 Å². The number of nitrogens with one attached hydrogen (secondary N) is 1. The van der Waals surface area contributed by atoms with Gasteiger partial charge in [-0.15, -0.1) is 24.0 Å². The number of halogens is 2. The van der Waals surface area contributed by atoms with Crippen LogP contribution in [0.2, 0.25) is 0 Å². The highest BCUT2D eigenvalue weighted by Crippen LogP contribution is 2.20. The average Bonchev–Trinajstić information content (AvgIpc) is 2.49. The predicted molar refractivity (Wildman–Crippen MR) is 105 cm³/mol. The number of carbonyl (C=O) groups is 1. The van der Waals surface area contributed by atoms with Crippen molar-refractivity contribution in [3.05, 3.63) is 35.1 Å². The van der Waals surface area contributed by atoms with Gasteiger partial charge in [0, 0.05) is 33.2 Å². The Kier molecular flexibility index (Phi) is 7.92. The summed E-state index contributed by atoms with van der Waals surface area (Å²) in [5.74, 6) is 0.435. The monoisotopic (exact) mass is 448 g/mol. The minimum absolute atomic E-state index is 0. The van der Waals surface area contributed by atoms with Crippen molar-refractivity contribution in [3.8, 4) is 0 Å². The third-order valence-corrected chi connectivity index (χ3v) is 3.76. The third-order valence-electron chi connectivity index (χ3n) is 3.76. The lowest BCUT2D eigenvalue weighted by molar-refractivity contribution is -0.127. The van der Waals surface area contributed by atoms with Crippen molar-refractivity contribution in [2.75, 3.05) is 27.2 Å². The largest absolute Gasteiger partial charge is 0.354 e. The first-order valence-corrected chi connectivity index (χ1v) is 7.90. The van der Waals surface area contributed by atoms with Crippen LogP contribution in [0, 0.1) is 5.82 Å². The molecule has 0 unspecified atom stereocenters. The molecule has 0 aromatic heterocycles. The molecule has 134 valence electrons. The summed E-state index contributed by atoms with van der Waals surface area (Å²) in [5.41, 5.74) is 2.16. The van der Waals surface area contributed by atoms with Crippen LogP contribution >= 0.6 is 24.0 Å². The molecule has 1 heterocycles. The Balaban J connectivity index is 0.00000288. The average molecular weight is 448 g/mol. The molecule has 2 rings (SSSR count). The van der Waals surface area contributed by atoms with E-state index in [0.717, 1.165) is 18.5 Å². The lowest BCUT2D eigenvalue weighted by Crippen LogP contribution is -2.47. The first-order chi connectivity index (χ1) is 10.9. The highest BCUT2D eigenvalue weighted by molar-refractivity contribution is 14.0. The van der Waals surface area contributed by atoms with E-state index in [2.05, 4.69) is 15.2 Å². The molecule has 7 heteroatoms. The molecule has 0 aliphatic carbocycles. The van der Waals surface area contributed by atoms with Gasteiger partial charge in [0.15, 0.2) is 5.96 Å². The maximum absolute atomic E-state index is 13.5. The zero-order valence-electron chi connectivity index (χ0n) is 14.7. The molecule has 1 aromatic rings. The first kappa shape index (κ1) is 20.7. The van der Waals surface area contributed by atoms with E-state index in [1.807, 2.05) is 19.9 Å². The van der Waals surface area contributed by atoms with Gasteiger partial charge in [-0.3, -0.25) is 4.79 Å². The minimum Gasteiger partial charge on any atom is -0.354 e. The van der Waals surface area contributed by atoms with Crippen molar-refractivity contribution in [3.63, 3.8) is 0 Å². The number of carbonyl (C=O) groups excluding carboxylic acids is 1. The highest BCUT2D eigenvalue weighted by Gasteiger charge is 2.20. The van der Waals surface area contributed by atoms with E-state index in [1.165, 1.54) is 16.5 Å². The van der Waals surface area contributed by atoms with Crippen LogP contribution < -0.4 is 5.32 Å². The number of benzene rings is 1. The van der Waals surface area contributed by atoms with Crippen LogP contribution in [0.25, 0.3) is 0 Å². The highest BCUT2D eigenvalue weighted by atomic mass is 127. The number of hydrogen-bond acceptors (Lipinski definition) is 2. The molecule has 1 N–H and O–H groups in total. The number of aliphatic imine (C=N–C) groups is 1. The number of likely N-dealkylation sites (N-methyl/N-ethyl adjacent to an activating group) is 1. The Bertz CT molecular complexity index is 604. The summed E-state index contributed by atoms with van der Waals surface area (Å²) in [6, 6.07) is 5.15. The fraction of sp³-hybridized carbons (Fsp3) is 0.529. The smallest absolute Gasteiger partial charge is 0.243 e. The Morgan fingerprint density at radius 2 is 2.08 bits per heavy atom. The summed E-state index contributed by atoms with van der Waals surface area (Å²) in [7, 11) is 3.43. The fourth-order valence-electron chi connectivity index (χ4n) is 2.49. The minimum atomic E-state index is -0.219. The zero-order chi connectivity index (χ0) is 17.0. The van der Waals surface area contributed by atoms with Gasteiger partial charge in [0.05, 0.1) is 0 Å². The molecule has 1 aliphatic rings. The van der Waals surface area contributed by atoms with E-state index in [9.17, 15) is 9.18 Å². The van der Waals surface area contributed by atoms with Gasteiger partial charge in [0.2, 0.25) is 5.91 Å². The van der Waals surface area contributed by atoms with Crippen LogP contribution in [-0.2, 0) is 17.8 Å². The van der Waals surface area contributed by atoms with E-state index in [1.54, 1.807) is 20.2 Å². The van der Waals surface area contributed by atoms with Gasteiger partial charge in [-0.05, 0) is 43.5 Å². The van der Waals surface area contributed by atoms with Gasteiger partial charge in [0.1, 0.15) is 12.4 Å². The van der Waals surface area contributed by atoms with Crippen molar-refractivity contribution in [1.82, 2.24) is 15.1 Å². The number of guanidine groups is 1. The molecule has 1 aliphatic heterocycles. The fourth-order valence-corrected chi connectivity index (χ4v) is 2.49. The SMILES string of the molecule is CC(C)NC(=NCC(=O)N(C)C)N1CCc2ccc(F)cc2C1.I. The summed E-state index contributed by atoms with van der Waals surface area (Å²) in [6.07, 6.45) is 0.843. The topological polar surface area (TPSA) is 47.9 Å². The van der Waals surface area contributed by atoms with Crippen LogP contribution in [0.4, 0.5) is 4.39 Å². The maximum Gasteiger partial charge on any atom is 0.243 e. The molecule has 0 spiro atoms. The van der Waals surface area contributed by atoms with Crippen LogP contribution in [0.1, 0.15) is 25.0 Å². The first-order valence-electron chi connectivity index (χ1n) is 7.90. The Morgan fingerprint density at radius 3 is 2.71 bits per heavy atom. The number of rotatable bonds is 3. The standard InChI is InChI=1S/C17H25FN4O.HI/c1-12(2)20-17(19-10-16(23)21(3)4)22-8-7-13-5-6-15(18)9-14(13)11-22;/h5-6,9,12H,7-8,10-11H2,1-4H3,(H,19,20);1H. The molecular formula is C17H26FIN4O. The number of amides is 1. The molecule has 0 saturated heterocycles. The van der Waals surface area contributed by atoms with Crippen LogP contribution in [0.15, 0.2) is 23.2 Å². The van der Waals surface area contributed by atoms with Crippen LogP contribution in [0.3, 0.4) is 0 Å². The van der Waals surface area contributed by atoms with Gasteiger partial charge >= 0.3 is 0 Å². The van der Waals surface area contributed by atoms with Crippen molar-refractivity contribution < 1.29 is 9.18 Å². The quantitative estimate of drug-likeness (QED) is 0.439. The second-order valence-corrected chi connectivity index (χ2v) is 6.31. The summed E-state index contributed by atoms with van der Waals surface area (Å²) in [4.78, 5) is 19.8. The van der Waals surface area contributed by atoms with E-state index in [4.69, 9.17) is 0 Å². The molecule has 0 saturated carbocycles. The Labute approximate surface area is 160 Å². The molecule has 1 aromatic carbocycles. The van der Waals surface area contributed by atoms with Crippen LogP contribution in [-0.4, -0.2) is 54.9 Å². The predicted octanol–water partition coefficient (Wildman–Crippen LogP) is 2.24. The van der Waals surface area contributed by atoms with Crippen molar-refractivity contribution in [1.29, 1.82) is 0 Å². The molecule has 0 atom stereocenters. The van der Waals surface area contributed by atoms with E-state index in [-0.39, 0.29) is 48.3 Å². The van der Waals surface area contributed by atoms with Crippen LogP contribution in [0.5, 0.6) is 0 Å². The molecule has 24 heavy (non-hydrogen) atoms. The summed E-state index contributed by atoms with van der Waals surface area (Å²) < 4.78 is 13.5. The summed E-state index contributed by atoms with van der Waals surface area (Å²) in [6.45, 7) is 5.56.